The fourth-order valence-corrected chi connectivity index (χ4v) is 2.66. The molecule has 0 aromatic rings. The molecule has 0 spiro atoms. The molecular formula is C14H17F2N2Si+. The molecule has 2 atom stereocenters. The lowest BCUT2D eigenvalue weighted by Crippen LogP contribution is -2.49. The molecule has 2 rings (SSSR count). The lowest BCUT2D eigenvalue weighted by Gasteiger charge is -2.32. The maximum absolute atomic E-state index is 13.8. The minimum atomic E-state index is -1.52. The van der Waals surface area contributed by atoms with E-state index in [9.17, 15) is 8.78 Å². The van der Waals surface area contributed by atoms with Gasteiger partial charge in [0, 0.05) is 13.0 Å². The van der Waals surface area contributed by atoms with E-state index in [2.05, 4.69) is 36.1 Å². The zero-order chi connectivity index (χ0) is 14.3. The van der Waals surface area contributed by atoms with E-state index in [1.807, 2.05) is 6.92 Å². The first-order chi connectivity index (χ1) is 8.74. The molecule has 0 bridgehead atoms. The van der Waals surface area contributed by atoms with Gasteiger partial charge in [-0.25, -0.2) is 8.87 Å². The van der Waals surface area contributed by atoms with Crippen molar-refractivity contribution >= 4 is 13.9 Å². The zero-order valence-electron chi connectivity index (χ0n) is 11.5. The third-order valence-corrected chi connectivity index (χ3v) is 3.88. The molecule has 2 aliphatic rings. The van der Waals surface area contributed by atoms with Crippen molar-refractivity contribution in [2.75, 3.05) is 0 Å². The monoisotopic (exact) mass is 279 g/mol. The lowest BCUT2D eigenvalue weighted by atomic mass is 10.1. The molecule has 0 aliphatic carbocycles. The molecule has 2 unspecified atom stereocenters. The third-order valence-electron chi connectivity index (χ3n) is 2.99. The fourth-order valence-electron chi connectivity index (χ4n) is 2.01. The number of hydrogen-bond acceptors (Lipinski definition) is 1. The van der Waals surface area contributed by atoms with Gasteiger partial charge in [-0.3, -0.25) is 0 Å². The SMILES string of the molecule is CC(C#C[Si](C)(C)C)[N+]12C=CN=C1C(F)=CC(F)=C2. The number of halogens is 2. The molecular weight excluding hydrogens is 262 g/mol. The van der Waals surface area contributed by atoms with Crippen LogP contribution >= 0.6 is 0 Å². The predicted octanol–water partition coefficient (Wildman–Crippen LogP) is 3.63. The van der Waals surface area contributed by atoms with E-state index in [1.54, 1.807) is 6.20 Å². The van der Waals surface area contributed by atoms with E-state index < -0.39 is 19.7 Å². The Kier molecular flexibility index (Phi) is 3.33. The zero-order valence-corrected chi connectivity index (χ0v) is 12.5. The Bertz CT molecular complexity index is 585. The van der Waals surface area contributed by atoms with Gasteiger partial charge in [-0.15, -0.1) is 5.54 Å². The summed E-state index contributed by atoms with van der Waals surface area (Å²) in [5.41, 5.74) is 3.25. The van der Waals surface area contributed by atoms with Gasteiger partial charge in [-0.1, -0.05) is 19.6 Å². The van der Waals surface area contributed by atoms with Gasteiger partial charge < -0.3 is 0 Å². The Morgan fingerprint density at radius 3 is 2.63 bits per heavy atom. The van der Waals surface area contributed by atoms with Gasteiger partial charge in [0.15, 0.2) is 11.9 Å². The molecule has 0 radical (unpaired) electrons. The lowest BCUT2D eigenvalue weighted by molar-refractivity contribution is -0.748. The van der Waals surface area contributed by atoms with Gasteiger partial charge in [0.1, 0.15) is 20.5 Å². The van der Waals surface area contributed by atoms with Crippen LogP contribution in [0.1, 0.15) is 6.92 Å². The molecule has 0 aromatic heterocycles. The average molecular weight is 279 g/mol. The van der Waals surface area contributed by atoms with Crippen molar-refractivity contribution in [3.05, 3.63) is 36.3 Å². The normalized spacial score (nSPS) is 26.7. The summed E-state index contributed by atoms with van der Waals surface area (Å²) in [6.45, 7) is 8.26. The number of aliphatic imine (C=N–C) groups is 1. The van der Waals surface area contributed by atoms with Crippen LogP contribution in [0.5, 0.6) is 0 Å². The molecule has 0 aromatic carbocycles. The van der Waals surface area contributed by atoms with Crippen LogP contribution in [0, 0.1) is 11.5 Å². The van der Waals surface area contributed by atoms with Crippen molar-refractivity contribution in [2.24, 2.45) is 4.99 Å². The van der Waals surface area contributed by atoms with Gasteiger partial charge in [0.05, 0.1) is 6.20 Å². The van der Waals surface area contributed by atoms with Crippen molar-refractivity contribution in [3.8, 4) is 11.5 Å². The molecule has 19 heavy (non-hydrogen) atoms. The van der Waals surface area contributed by atoms with Gasteiger partial charge in [-0.05, 0) is 5.92 Å². The Morgan fingerprint density at radius 2 is 2.00 bits per heavy atom. The standard InChI is InChI=1S/C14H17F2N2Si/c1-11(5-8-19(2,3)4)18-7-6-17-14(18)13(16)9-12(15)10-18/h6-7,9-11H,1-4H3/q+1. The van der Waals surface area contributed by atoms with Crippen molar-refractivity contribution < 1.29 is 13.3 Å². The minimum Gasteiger partial charge on any atom is -0.204 e. The highest BCUT2D eigenvalue weighted by Crippen LogP contribution is 2.33. The number of nitrogens with zero attached hydrogens (tertiary/aromatic N) is 2. The number of quaternary nitrogens is 1. The van der Waals surface area contributed by atoms with Crippen LogP contribution in [0.15, 0.2) is 41.3 Å². The highest BCUT2D eigenvalue weighted by atomic mass is 28.3. The van der Waals surface area contributed by atoms with Gasteiger partial charge >= 0.3 is 0 Å². The topological polar surface area (TPSA) is 12.4 Å². The summed E-state index contributed by atoms with van der Waals surface area (Å²) in [5, 5.41) is 0. The van der Waals surface area contributed by atoms with E-state index in [-0.39, 0.29) is 16.4 Å². The number of hydrogen-bond donors (Lipinski definition) is 0. The summed E-state index contributed by atoms with van der Waals surface area (Å²) in [6.07, 6.45) is 5.39. The van der Waals surface area contributed by atoms with Gasteiger partial charge in [-0.2, -0.15) is 9.38 Å². The molecule has 2 nitrogen and oxygen atoms in total. The average Bonchev–Trinajstić information content (AvgIpc) is 2.69. The second kappa shape index (κ2) is 4.55. The number of rotatable bonds is 1. The van der Waals surface area contributed by atoms with Crippen LogP contribution in [0.3, 0.4) is 0 Å². The molecule has 0 saturated carbocycles. The summed E-state index contributed by atoms with van der Waals surface area (Å²) >= 11 is 0. The smallest absolute Gasteiger partial charge is 0.204 e. The van der Waals surface area contributed by atoms with Crippen LogP contribution < -0.4 is 0 Å². The molecule has 5 heteroatoms. The van der Waals surface area contributed by atoms with Crippen molar-refractivity contribution in [3.63, 3.8) is 0 Å². The predicted molar refractivity (Wildman–Crippen MR) is 75.8 cm³/mol. The Balaban J connectivity index is 2.42. The summed E-state index contributed by atoms with van der Waals surface area (Å²) in [7, 11) is -1.52. The molecule has 0 amide bonds. The fraction of sp³-hybridized carbons (Fsp3) is 0.357. The highest BCUT2D eigenvalue weighted by Gasteiger charge is 2.44. The van der Waals surface area contributed by atoms with Crippen molar-refractivity contribution in [1.82, 2.24) is 0 Å². The van der Waals surface area contributed by atoms with Crippen LogP contribution in [0.2, 0.25) is 19.6 Å². The largest absolute Gasteiger partial charge is 0.274 e. The van der Waals surface area contributed by atoms with E-state index in [1.165, 1.54) is 12.4 Å². The summed E-state index contributed by atoms with van der Waals surface area (Å²) in [6, 6.07) is -0.269. The number of fused-ring (bicyclic) bond motifs is 1. The Morgan fingerprint density at radius 1 is 1.32 bits per heavy atom. The van der Waals surface area contributed by atoms with Gasteiger partial charge in [0.25, 0.3) is 5.84 Å². The van der Waals surface area contributed by atoms with Crippen molar-refractivity contribution in [2.45, 2.75) is 32.6 Å². The van der Waals surface area contributed by atoms with Crippen LogP contribution in [-0.2, 0) is 0 Å². The molecule has 2 aliphatic heterocycles. The van der Waals surface area contributed by atoms with Crippen LogP contribution in [0.25, 0.3) is 0 Å². The van der Waals surface area contributed by atoms with Crippen molar-refractivity contribution in [1.29, 1.82) is 0 Å². The minimum absolute atomic E-state index is 0.0916. The molecule has 100 valence electrons. The Labute approximate surface area is 113 Å². The van der Waals surface area contributed by atoms with Crippen LogP contribution in [0.4, 0.5) is 8.78 Å². The second-order valence-electron chi connectivity index (χ2n) is 5.79. The summed E-state index contributed by atoms with van der Waals surface area (Å²) in [5.74, 6) is 2.12. The first-order valence-electron chi connectivity index (χ1n) is 6.17. The van der Waals surface area contributed by atoms with E-state index in [0.29, 0.717) is 0 Å². The van der Waals surface area contributed by atoms with E-state index in [4.69, 9.17) is 0 Å². The first-order valence-corrected chi connectivity index (χ1v) is 9.67. The first kappa shape index (κ1) is 13.9. The van der Waals surface area contributed by atoms with Gasteiger partial charge in [0.2, 0.25) is 5.83 Å². The quantitative estimate of drug-likeness (QED) is 0.395. The van der Waals surface area contributed by atoms with E-state index >= 15 is 0 Å². The second-order valence-corrected chi connectivity index (χ2v) is 10.5. The summed E-state index contributed by atoms with van der Waals surface area (Å²) in [4.78, 5) is 4.01. The van der Waals surface area contributed by atoms with E-state index in [0.717, 1.165) is 6.08 Å². The molecule has 2 heterocycles. The third kappa shape index (κ3) is 2.60. The molecule has 0 fully saturated rings. The molecule has 0 N–H and O–H groups in total. The molecule has 0 saturated heterocycles. The summed E-state index contributed by atoms with van der Waals surface area (Å²) < 4.78 is 27.3. The van der Waals surface area contributed by atoms with Crippen LogP contribution in [-0.4, -0.2) is 24.4 Å². The number of allylic oxidation sites excluding steroid dienone is 2. The number of amidine groups is 1. The maximum atomic E-state index is 13.8. The Hall–Kier alpha value is -1.51. The maximum Gasteiger partial charge on any atom is 0.274 e. The highest BCUT2D eigenvalue weighted by molar-refractivity contribution is 6.83.